The van der Waals surface area contributed by atoms with Crippen LogP contribution in [0.1, 0.15) is 37.3 Å². The van der Waals surface area contributed by atoms with Crippen LogP contribution in [0.25, 0.3) is 0 Å². The van der Waals surface area contributed by atoms with E-state index in [-0.39, 0.29) is 29.4 Å². The molecule has 1 aromatic carbocycles. The minimum Gasteiger partial charge on any atom is -0.357 e. The molecule has 1 saturated carbocycles. The molecule has 1 fully saturated rings. The van der Waals surface area contributed by atoms with Crippen LogP contribution in [0.15, 0.2) is 41.7 Å². The zero-order chi connectivity index (χ0) is 18.4. The van der Waals surface area contributed by atoms with Crippen LogP contribution in [0.5, 0.6) is 0 Å². The molecule has 1 heterocycles. The highest BCUT2D eigenvalue weighted by Crippen LogP contribution is 2.48. The van der Waals surface area contributed by atoms with Crippen molar-refractivity contribution >= 4 is 41.5 Å². The number of hydrogen-bond donors (Lipinski definition) is 2. The molecule has 0 spiro atoms. The van der Waals surface area contributed by atoms with Gasteiger partial charge in [0.15, 0.2) is 5.96 Å². The number of rotatable bonds is 8. The smallest absolute Gasteiger partial charge is 0.191 e. The Balaban J connectivity index is 0.00000261. The number of nitrogens with zero attached hydrogens (tertiary/aromatic N) is 3. The maximum Gasteiger partial charge on any atom is 0.191 e. The molecule has 1 aromatic heterocycles. The lowest BCUT2D eigenvalue weighted by Crippen LogP contribution is -2.38. The van der Waals surface area contributed by atoms with Crippen molar-refractivity contribution in [3.05, 3.63) is 52.8 Å². The molecule has 0 atom stereocenters. The summed E-state index contributed by atoms with van der Waals surface area (Å²) in [5, 5.41) is 11.8. The van der Waals surface area contributed by atoms with Crippen LogP contribution < -0.4 is 10.6 Å². The van der Waals surface area contributed by atoms with E-state index < -0.39 is 0 Å². The molecule has 0 unspecified atom stereocenters. The van der Waals surface area contributed by atoms with Crippen molar-refractivity contribution in [2.45, 2.75) is 38.0 Å². The number of halogens is 2. The van der Waals surface area contributed by atoms with Gasteiger partial charge in [-0.15, -0.1) is 24.0 Å². The molecular formula is C20H29ClIN5. The third-order valence-corrected chi connectivity index (χ3v) is 5.10. The molecular weight excluding hydrogens is 473 g/mol. The fraction of sp³-hybridized carbons (Fsp3) is 0.500. The maximum absolute atomic E-state index is 6.16. The van der Waals surface area contributed by atoms with Gasteiger partial charge in [0.2, 0.25) is 0 Å². The Morgan fingerprint density at radius 1 is 1.33 bits per heavy atom. The van der Waals surface area contributed by atoms with Gasteiger partial charge < -0.3 is 10.6 Å². The summed E-state index contributed by atoms with van der Waals surface area (Å²) in [7, 11) is 1.95. The summed E-state index contributed by atoms with van der Waals surface area (Å²) in [4.78, 5) is 4.84. The summed E-state index contributed by atoms with van der Waals surface area (Å²) in [6.07, 6.45) is 8.43. The molecule has 2 N–H and O–H groups in total. The van der Waals surface area contributed by atoms with Gasteiger partial charge in [-0.2, -0.15) is 5.10 Å². The Labute approximate surface area is 184 Å². The van der Waals surface area contributed by atoms with Crippen molar-refractivity contribution in [2.24, 2.45) is 12.0 Å². The highest BCUT2D eigenvalue weighted by Gasteiger charge is 2.44. The fourth-order valence-corrected chi connectivity index (χ4v) is 3.37. The predicted molar refractivity (Wildman–Crippen MR) is 123 cm³/mol. The van der Waals surface area contributed by atoms with E-state index in [2.05, 4.69) is 41.0 Å². The van der Waals surface area contributed by atoms with E-state index in [0.717, 1.165) is 43.5 Å². The molecule has 0 radical (unpaired) electrons. The zero-order valence-electron chi connectivity index (χ0n) is 16.0. The Morgan fingerprint density at radius 2 is 2.15 bits per heavy atom. The first kappa shape index (κ1) is 22.0. The van der Waals surface area contributed by atoms with E-state index in [1.54, 1.807) is 0 Å². The Bertz CT molecular complexity index is 754. The lowest BCUT2D eigenvalue weighted by Gasteiger charge is -2.16. The number of nitrogens with one attached hydrogen (secondary N) is 2. The van der Waals surface area contributed by atoms with Crippen molar-refractivity contribution in [3.63, 3.8) is 0 Å². The van der Waals surface area contributed by atoms with Gasteiger partial charge in [-0.25, -0.2) is 0 Å². The summed E-state index contributed by atoms with van der Waals surface area (Å²) in [6.45, 7) is 4.64. The van der Waals surface area contributed by atoms with Crippen LogP contribution in [0.4, 0.5) is 0 Å². The highest BCUT2D eigenvalue weighted by molar-refractivity contribution is 14.0. The van der Waals surface area contributed by atoms with Crippen LogP contribution in [-0.4, -0.2) is 35.4 Å². The highest BCUT2D eigenvalue weighted by atomic mass is 127. The van der Waals surface area contributed by atoms with E-state index in [1.807, 2.05) is 30.1 Å². The van der Waals surface area contributed by atoms with Crippen LogP contribution in [-0.2, 0) is 18.9 Å². The average molecular weight is 502 g/mol. The Kier molecular flexibility index (Phi) is 8.41. The molecule has 0 amide bonds. The van der Waals surface area contributed by atoms with Crippen LogP contribution in [0.2, 0.25) is 5.02 Å². The molecule has 0 bridgehead atoms. The topological polar surface area (TPSA) is 54.2 Å². The summed E-state index contributed by atoms with van der Waals surface area (Å²) in [5.74, 6) is 0.895. The minimum absolute atomic E-state index is 0. The molecule has 5 nitrogen and oxygen atoms in total. The Morgan fingerprint density at radius 3 is 2.78 bits per heavy atom. The summed E-state index contributed by atoms with van der Waals surface area (Å²) in [5.41, 5.74) is 2.75. The first-order chi connectivity index (χ1) is 12.6. The van der Waals surface area contributed by atoms with Crippen molar-refractivity contribution in [3.8, 4) is 0 Å². The van der Waals surface area contributed by atoms with Gasteiger partial charge in [-0.1, -0.05) is 23.7 Å². The largest absolute Gasteiger partial charge is 0.357 e. The van der Waals surface area contributed by atoms with E-state index in [1.165, 1.54) is 24.0 Å². The third kappa shape index (κ3) is 6.38. The van der Waals surface area contributed by atoms with Gasteiger partial charge in [0.05, 0.1) is 12.7 Å². The van der Waals surface area contributed by atoms with Crippen LogP contribution in [0, 0.1) is 0 Å². The third-order valence-electron chi connectivity index (χ3n) is 4.87. The van der Waals surface area contributed by atoms with Gasteiger partial charge >= 0.3 is 0 Å². The second-order valence-corrected chi connectivity index (χ2v) is 7.47. The number of guanidine groups is 1. The maximum atomic E-state index is 6.16. The van der Waals surface area contributed by atoms with E-state index in [0.29, 0.717) is 0 Å². The average Bonchev–Trinajstić information content (AvgIpc) is 3.31. The first-order valence-corrected chi connectivity index (χ1v) is 9.75. The normalized spacial score (nSPS) is 15.1. The predicted octanol–water partition coefficient (Wildman–Crippen LogP) is 3.91. The van der Waals surface area contributed by atoms with Gasteiger partial charge in [0, 0.05) is 36.8 Å². The molecule has 1 aliphatic rings. The second kappa shape index (κ2) is 10.3. The molecule has 0 saturated heterocycles. The van der Waals surface area contributed by atoms with Gasteiger partial charge in [-0.05, 0) is 55.9 Å². The van der Waals surface area contributed by atoms with Crippen molar-refractivity contribution in [2.75, 3.05) is 19.6 Å². The number of hydrogen-bond acceptors (Lipinski definition) is 2. The number of benzene rings is 1. The van der Waals surface area contributed by atoms with Crippen molar-refractivity contribution in [1.29, 1.82) is 0 Å². The Hall–Kier alpha value is -1.28. The zero-order valence-corrected chi connectivity index (χ0v) is 19.1. The fourth-order valence-electron chi connectivity index (χ4n) is 3.18. The van der Waals surface area contributed by atoms with Gasteiger partial charge in [0.25, 0.3) is 0 Å². The molecule has 0 aliphatic heterocycles. The monoisotopic (exact) mass is 501 g/mol. The molecule has 2 aromatic rings. The van der Waals surface area contributed by atoms with Crippen molar-refractivity contribution < 1.29 is 0 Å². The van der Waals surface area contributed by atoms with E-state index in [9.17, 15) is 0 Å². The van der Waals surface area contributed by atoms with E-state index in [4.69, 9.17) is 16.6 Å². The lowest BCUT2D eigenvalue weighted by atomic mass is 9.96. The summed E-state index contributed by atoms with van der Waals surface area (Å²) >= 11 is 6.16. The minimum atomic E-state index is 0. The number of aliphatic imine (C=N–C) groups is 1. The quantitative estimate of drug-likeness (QED) is 0.250. The summed E-state index contributed by atoms with van der Waals surface area (Å²) in [6, 6.07) is 8.21. The molecule has 3 rings (SSSR count). The molecule has 148 valence electrons. The molecule has 7 heteroatoms. The standard InChI is InChI=1S/C20H28ClN5.HI/c1-3-22-19(23-11-5-6-16-13-25-26(2)14-16)24-15-20(9-10-20)17-7-4-8-18(21)12-17;/h4,7-8,12-14H,3,5-6,9-11,15H2,1-2H3,(H2,22,23,24);1H. The van der Waals surface area contributed by atoms with Gasteiger partial charge in [0.1, 0.15) is 0 Å². The van der Waals surface area contributed by atoms with E-state index >= 15 is 0 Å². The van der Waals surface area contributed by atoms with Crippen LogP contribution in [0.3, 0.4) is 0 Å². The van der Waals surface area contributed by atoms with Gasteiger partial charge in [-0.3, -0.25) is 9.67 Å². The molecule has 27 heavy (non-hydrogen) atoms. The number of aromatic nitrogens is 2. The van der Waals surface area contributed by atoms with Crippen LogP contribution >= 0.6 is 35.6 Å². The van der Waals surface area contributed by atoms with Crippen molar-refractivity contribution in [1.82, 2.24) is 20.4 Å². The number of aryl methyl sites for hydroxylation is 2. The first-order valence-electron chi connectivity index (χ1n) is 9.37. The molecule has 1 aliphatic carbocycles. The lowest BCUT2D eigenvalue weighted by molar-refractivity contribution is 0.687. The summed E-state index contributed by atoms with van der Waals surface area (Å²) < 4.78 is 1.85. The SMILES string of the molecule is CCNC(=NCC1(c2cccc(Cl)c2)CC1)NCCCc1cnn(C)c1.I. The second-order valence-electron chi connectivity index (χ2n) is 7.04.